The summed E-state index contributed by atoms with van der Waals surface area (Å²) < 4.78 is 8.84. The maximum atomic E-state index is 6.48. The minimum absolute atomic E-state index is 0.918. The molecule has 3 heteroatoms. The van der Waals surface area contributed by atoms with Crippen molar-refractivity contribution in [2.45, 2.75) is 0 Å². The highest BCUT2D eigenvalue weighted by molar-refractivity contribution is 6.23. The molecule has 0 bridgehead atoms. The molecular weight excluding hydrogens is 597 g/mol. The number of aromatic nitrogens is 1. The first-order valence-corrected chi connectivity index (χ1v) is 16.7. The van der Waals surface area contributed by atoms with Gasteiger partial charge in [-0.2, -0.15) is 0 Å². The van der Waals surface area contributed by atoms with Crippen LogP contribution in [0.1, 0.15) is 0 Å². The zero-order valence-electron chi connectivity index (χ0n) is 26.6. The van der Waals surface area contributed by atoms with Crippen molar-refractivity contribution < 1.29 is 4.42 Å². The smallest absolute Gasteiger partial charge is 0.145 e. The third-order valence-electron chi connectivity index (χ3n) is 9.77. The van der Waals surface area contributed by atoms with Gasteiger partial charge in [0.2, 0.25) is 0 Å². The molecule has 2 heterocycles. The summed E-state index contributed by atoms with van der Waals surface area (Å²) in [6, 6.07) is 64.9. The third kappa shape index (κ3) is 4.44. The second-order valence-corrected chi connectivity index (χ2v) is 12.6. The number of furan rings is 1. The van der Waals surface area contributed by atoms with Crippen molar-refractivity contribution in [1.82, 2.24) is 4.57 Å². The number of hydrogen-bond acceptors (Lipinski definition) is 2. The maximum absolute atomic E-state index is 6.48. The highest BCUT2D eigenvalue weighted by Crippen LogP contribution is 2.41. The zero-order valence-corrected chi connectivity index (χ0v) is 26.6. The molecule has 2 aromatic heterocycles. The normalized spacial score (nSPS) is 11.7. The van der Waals surface area contributed by atoms with Gasteiger partial charge in [0, 0.05) is 38.9 Å². The van der Waals surface area contributed by atoms with Crippen LogP contribution in [0, 0.1) is 0 Å². The van der Waals surface area contributed by atoms with E-state index in [9.17, 15) is 0 Å². The van der Waals surface area contributed by atoms with Gasteiger partial charge < -0.3 is 13.9 Å². The van der Waals surface area contributed by atoms with E-state index >= 15 is 0 Å². The van der Waals surface area contributed by atoms with Gasteiger partial charge in [0.25, 0.3) is 0 Å². The van der Waals surface area contributed by atoms with E-state index in [0.717, 1.165) is 61.1 Å². The molecule has 0 fully saturated rings. The molecular formula is C46H30N2O. The van der Waals surface area contributed by atoms with Gasteiger partial charge in [0.15, 0.2) is 0 Å². The molecule has 8 aromatic carbocycles. The molecule has 0 saturated carbocycles. The van der Waals surface area contributed by atoms with E-state index in [1.807, 2.05) is 12.1 Å². The van der Waals surface area contributed by atoms with Gasteiger partial charge in [0.05, 0.1) is 16.4 Å². The van der Waals surface area contributed by atoms with Crippen LogP contribution in [-0.2, 0) is 0 Å². The van der Waals surface area contributed by atoms with Gasteiger partial charge in [-0.1, -0.05) is 109 Å². The molecule has 230 valence electrons. The Morgan fingerprint density at radius 3 is 1.86 bits per heavy atom. The lowest BCUT2D eigenvalue weighted by molar-refractivity contribution is 0.673. The van der Waals surface area contributed by atoms with Crippen molar-refractivity contribution in [3.8, 4) is 16.8 Å². The van der Waals surface area contributed by atoms with Gasteiger partial charge in [-0.25, -0.2) is 0 Å². The maximum Gasteiger partial charge on any atom is 0.145 e. The minimum Gasteiger partial charge on any atom is -0.455 e. The van der Waals surface area contributed by atoms with Crippen LogP contribution < -0.4 is 4.90 Å². The van der Waals surface area contributed by atoms with Gasteiger partial charge in [0.1, 0.15) is 11.2 Å². The summed E-state index contributed by atoms with van der Waals surface area (Å²) in [5.41, 5.74) is 11.0. The van der Waals surface area contributed by atoms with Crippen LogP contribution >= 0.6 is 0 Å². The summed E-state index contributed by atoms with van der Waals surface area (Å²) in [5, 5.41) is 7.10. The quantitative estimate of drug-likeness (QED) is 0.190. The second-order valence-electron chi connectivity index (χ2n) is 12.6. The van der Waals surface area contributed by atoms with Crippen molar-refractivity contribution in [1.29, 1.82) is 0 Å². The molecule has 10 aromatic rings. The Hall–Kier alpha value is -6.58. The number of rotatable bonds is 5. The molecule has 0 aliphatic heterocycles. The average molecular weight is 627 g/mol. The summed E-state index contributed by atoms with van der Waals surface area (Å²) >= 11 is 0. The van der Waals surface area contributed by atoms with Crippen LogP contribution in [-0.4, -0.2) is 4.57 Å². The van der Waals surface area contributed by atoms with Crippen molar-refractivity contribution in [2.75, 3.05) is 4.90 Å². The fraction of sp³-hybridized carbons (Fsp3) is 0. The third-order valence-corrected chi connectivity index (χ3v) is 9.77. The molecule has 0 amide bonds. The topological polar surface area (TPSA) is 21.3 Å². The summed E-state index contributed by atoms with van der Waals surface area (Å²) in [4.78, 5) is 2.32. The van der Waals surface area contributed by atoms with Crippen molar-refractivity contribution in [2.24, 2.45) is 0 Å². The van der Waals surface area contributed by atoms with Gasteiger partial charge in [-0.15, -0.1) is 0 Å². The molecule has 0 radical (unpaired) electrons. The molecule has 0 atom stereocenters. The molecule has 10 rings (SSSR count). The number of fused-ring (bicyclic) bond motifs is 8. The van der Waals surface area contributed by atoms with Gasteiger partial charge in [-0.05, 0) is 94.7 Å². The van der Waals surface area contributed by atoms with Crippen LogP contribution in [0.4, 0.5) is 17.1 Å². The number of para-hydroxylation sites is 3. The lowest BCUT2D eigenvalue weighted by atomic mass is 10.0. The van der Waals surface area contributed by atoms with E-state index in [4.69, 9.17) is 4.42 Å². The molecule has 0 aliphatic carbocycles. The van der Waals surface area contributed by atoms with E-state index in [2.05, 4.69) is 179 Å². The summed E-state index contributed by atoms with van der Waals surface area (Å²) in [7, 11) is 0. The van der Waals surface area contributed by atoms with Crippen molar-refractivity contribution >= 4 is 71.6 Å². The van der Waals surface area contributed by atoms with Crippen LogP contribution in [0.3, 0.4) is 0 Å². The number of benzene rings is 8. The predicted molar refractivity (Wildman–Crippen MR) is 206 cm³/mol. The summed E-state index contributed by atoms with van der Waals surface area (Å²) in [6.07, 6.45) is 0. The number of nitrogens with zero attached hydrogens (tertiary/aromatic N) is 2. The van der Waals surface area contributed by atoms with Crippen LogP contribution in [0.25, 0.3) is 71.3 Å². The van der Waals surface area contributed by atoms with E-state index in [1.54, 1.807) is 0 Å². The molecule has 0 N–H and O–H groups in total. The number of anilines is 3. The van der Waals surface area contributed by atoms with E-state index in [-0.39, 0.29) is 0 Å². The molecule has 3 nitrogen and oxygen atoms in total. The van der Waals surface area contributed by atoms with E-state index in [0.29, 0.717) is 0 Å². The largest absolute Gasteiger partial charge is 0.455 e. The van der Waals surface area contributed by atoms with Gasteiger partial charge in [-0.3, -0.25) is 0 Å². The Morgan fingerprint density at radius 1 is 0.408 bits per heavy atom. The van der Waals surface area contributed by atoms with Gasteiger partial charge >= 0.3 is 0 Å². The lowest BCUT2D eigenvalue weighted by Gasteiger charge is -2.26. The first-order valence-electron chi connectivity index (χ1n) is 16.7. The highest BCUT2D eigenvalue weighted by Gasteiger charge is 2.19. The first kappa shape index (κ1) is 27.5. The van der Waals surface area contributed by atoms with Crippen LogP contribution in [0.2, 0.25) is 0 Å². The van der Waals surface area contributed by atoms with E-state index < -0.39 is 0 Å². The fourth-order valence-electron chi connectivity index (χ4n) is 7.46. The Labute approximate surface area is 283 Å². The molecule has 0 spiro atoms. The zero-order chi connectivity index (χ0) is 32.3. The lowest BCUT2D eigenvalue weighted by Crippen LogP contribution is -2.09. The fourth-order valence-corrected chi connectivity index (χ4v) is 7.46. The first-order chi connectivity index (χ1) is 24.3. The Morgan fingerprint density at radius 2 is 1.04 bits per heavy atom. The van der Waals surface area contributed by atoms with Crippen molar-refractivity contribution in [3.63, 3.8) is 0 Å². The molecule has 0 saturated heterocycles. The second kappa shape index (κ2) is 11.0. The Bertz CT molecular complexity index is 2810. The molecule has 49 heavy (non-hydrogen) atoms. The Balaban J connectivity index is 1.03. The van der Waals surface area contributed by atoms with Crippen LogP contribution in [0.15, 0.2) is 186 Å². The minimum atomic E-state index is 0.918. The Kier molecular flexibility index (Phi) is 6.18. The predicted octanol–water partition coefficient (Wildman–Crippen LogP) is 13.0. The summed E-state index contributed by atoms with van der Waals surface area (Å²) in [5.74, 6) is 0. The number of hydrogen-bond donors (Lipinski definition) is 0. The summed E-state index contributed by atoms with van der Waals surface area (Å²) in [6.45, 7) is 0. The molecule has 0 aliphatic rings. The van der Waals surface area contributed by atoms with Crippen molar-refractivity contribution in [3.05, 3.63) is 182 Å². The SMILES string of the molecule is c1ccc(N(c2ccc(-c3ccc(-n4c5ccccc5c5c6oc7ccccc7c6ccc54)cc3)cc2)c2ccc3ccccc3c2)cc1. The average Bonchev–Trinajstić information content (AvgIpc) is 3.72. The van der Waals surface area contributed by atoms with E-state index in [1.165, 1.54) is 27.3 Å². The highest BCUT2D eigenvalue weighted by atomic mass is 16.3. The van der Waals surface area contributed by atoms with Crippen LogP contribution in [0.5, 0.6) is 0 Å². The monoisotopic (exact) mass is 626 g/mol. The molecule has 0 unspecified atom stereocenters. The standard InChI is InChI=1S/C46H30N2O/c1-2-12-35(13-3-1)47(38-27-22-31-10-4-5-11-34(31)30-38)36-23-18-32(19-24-36)33-20-25-37(26-21-33)48-42-16-8-6-15-41(42)45-43(48)29-28-40-39-14-7-9-17-44(39)49-46(40)45/h1-30H.